The van der Waals surface area contributed by atoms with Crippen molar-refractivity contribution >= 4 is 51.9 Å². The highest BCUT2D eigenvalue weighted by molar-refractivity contribution is 7.80. The molecule has 0 spiro atoms. The van der Waals surface area contributed by atoms with Crippen molar-refractivity contribution in [2.24, 2.45) is 0 Å². The lowest BCUT2D eigenvalue weighted by Gasteiger charge is -2.36. The standard InChI is InChI=1S/C25H24N4O4S2/c30-23(17-3-8-20-21(16-17)33-14-13-32-20)27-25(34)26-18-4-6-19(7-5-18)28-9-11-29(12-10-28)24(31)22-2-1-15-35-22/h1-8,15-16H,9-14H2,(H2,26,27,30,34). The summed E-state index contributed by atoms with van der Waals surface area (Å²) in [7, 11) is 0. The van der Waals surface area contributed by atoms with Crippen LogP contribution in [0.3, 0.4) is 0 Å². The van der Waals surface area contributed by atoms with Crippen molar-refractivity contribution in [3.63, 3.8) is 0 Å². The number of hydrogen-bond acceptors (Lipinski definition) is 7. The molecule has 180 valence electrons. The molecule has 2 aromatic carbocycles. The number of ether oxygens (including phenoxy) is 2. The lowest BCUT2D eigenvalue weighted by molar-refractivity contribution is 0.0751. The fourth-order valence-electron chi connectivity index (χ4n) is 4.00. The predicted molar refractivity (Wildman–Crippen MR) is 140 cm³/mol. The highest BCUT2D eigenvalue weighted by atomic mass is 32.1. The maximum absolute atomic E-state index is 12.6. The van der Waals surface area contributed by atoms with Gasteiger partial charge in [0.15, 0.2) is 16.6 Å². The molecule has 0 radical (unpaired) electrons. The van der Waals surface area contributed by atoms with Crippen LogP contribution in [-0.4, -0.2) is 61.2 Å². The maximum atomic E-state index is 12.6. The Kier molecular flexibility index (Phi) is 6.82. The van der Waals surface area contributed by atoms with Crippen LogP contribution in [-0.2, 0) is 0 Å². The number of thiocarbonyl (C=S) groups is 1. The second-order valence-corrected chi connectivity index (χ2v) is 9.43. The first kappa shape index (κ1) is 23.1. The van der Waals surface area contributed by atoms with E-state index in [-0.39, 0.29) is 16.9 Å². The average molecular weight is 509 g/mol. The number of anilines is 2. The van der Waals surface area contributed by atoms with Crippen LogP contribution in [0.25, 0.3) is 0 Å². The summed E-state index contributed by atoms with van der Waals surface area (Å²) >= 11 is 6.79. The van der Waals surface area contributed by atoms with E-state index in [2.05, 4.69) is 15.5 Å². The number of carbonyl (C=O) groups excluding carboxylic acids is 2. The molecule has 0 saturated carbocycles. The van der Waals surface area contributed by atoms with Crippen molar-refractivity contribution in [1.82, 2.24) is 10.2 Å². The minimum Gasteiger partial charge on any atom is -0.486 e. The van der Waals surface area contributed by atoms with E-state index in [1.165, 1.54) is 11.3 Å². The number of amides is 2. The molecule has 35 heavy (non-hydrogen) atoms. The van der Waals surface area contributed by atoms with Gasteiger partial charge in [-0.05, 0) is 66.1 Å². The molecule has 0 bridgehead atoms. The maximum Gasteiger partial charge on any atom is 0.264 e. The number of piperazine rings is 1. The monoisotopic (exact) mass is 508 g/mol. The molecule has 5 rings (SSSR count). The summed E-state index contributed by atoms with van der Waals surface area (Å²) in [5.41, 5.74) is 2.28. The summed E-state index contributed by atoms with van der Waals surface area (Å²) in [6, 6.07) is 16.7. The van der Waals surface area contributed by atoms with Crippen molar-refractivity contribution in [3.8, 4) is 11.5 Å². The quantitative estimate of drug-likeness (QED) is 0.521. The van der Waals surface area contributed by atoms with Crippen LogP contribution in [0.15, 0.2) is 60.0 Å². The molecule has 0 unspecified atom stereocenters. The highest BCUT2D eigenvalue weighted by Gasteiger charge is 2.23. The van der Waals surface area contributed by atoms with Gasteiger partial charge in [0.25, 0.3) is 11.8 Å². The van der Waals surface area contributed by atoms with Crippen molar-refractivity contribution in [2.75, 3.05) is 49.6 Å². The van der Waals surface area contributed by atoms with E-state index in [0.29, 0.717) is 43.4 Å². The lowest BCUT2D eigenvalue weighted by atomic mass is 10.2. The fraction of sp³-hybridized carbons (Fsp3) is 0.240. The van der Waals surface area contributed by atoms with Crippen molar-refractivity contribution < 1.29 is 19.1 Å². The Labute approximate surface area is 212 Å². The third-order valence-corrected chi connectivity index (χ3v) is 6.88. The molecule has 10 heteroatoms. The molecule has 2 N–H and O–H groups in total. The Bertz CT molecular complexity index is 1220. The molecule has 2 aliphatic rings. The zero-order chi connectivity index (χ0) is 24.2. The van der Waals surface area contributed by atoms with E-state index in [1.54, 1.807) is 18.2 Å². The minimum absolute atomic E-state index is 0.103. The number of benzene rings is 2. The van der Waals surface area contributed by atoms with E-state index < -0.39 is 0 Å². The van der Waals surface area contributed by atoms with Gasteiger partial charge in [0.05, 0.1) is 4.88 Å². The Balaban J connectivity index is 1.12. The number of rotatable bonds is 4. The van der Waals surface area contributed by atoms with Crippen LogP contribution in [0.5, 0.6) is 11.5 Å². The zero-order valence-electron chi connectivity index (χ0n) is 18.9. The van der Waals surface area contributed by atoms with E-state index in [0.717, 1.165) is 29.3 Å². The number of thiophene rings is 1. The lowest BCUT2D eigenvalue weighted by Crippen LogP contribution is -2.48. The minimum atomic E-state index is -0.328. The molecule has 2 aliphatic heterocycles. The Morgan fingerprint density at radius 3 is 2.37 bits per heavy atom. The van der Waals surface area contributed by atoms with E-state index in [1.807, 2.05) is 46.7 Å². The summed E-state index contributed by atoms with van der Waals surface area (Å²) in [5.74, 6) is 0.955. The third kappa shape index (κ3) is 5.39. The number of nitrogens with one attached hydrogen (secondary N) is 2. The van der Waals surface area contributed by atoms with E-state index in [9.17, 15) is 9.59 Å². The van der Waals surface area contributed by atoms with Gasteiger partial charge in [-0.25, -0.2) is 0 Å². The second kappa shape index (κ2) is 10.3. The molecule has 1 fully saturated rings. The SMILES string of the molecule is O=C(NC(=S)Nc1ccc(N2CCN(C(=O)c3cccs3)CC2)cc1)c1ccc2c(c1)OCCO2. The van der Waals surface area contributed by atoms with Gasteiger partial charge in [-0.2, -0.15) is 0 Å². The van der Waals surface area contributed by atoms with E-state index in [4.69, 9.17) is 21.7 Å². The van der Waals surface area contributed by atoms with Crippen molar-refractivity contribution in [3.05, 3.63) is 70.4 Å². The van der Waals surface area contributed by atoms with E-state index >= 15 is 0 Å². The van der Waals surface area contributed by atoms with Gasteiger partial charge in [-0.1, -0.05) is 6.07 Å². The number of carbonyl (C=O) groups is 2. The average Bonchev–Trinajstić information content (AvgIpc) is 3.43. The molecule has 0 atom stereocenters. The van der Waals surface area contributed by atoms with Crippen molar-refractivity contribution in [1.29, 1.82) is 0 Å². The largest absolute Gasteiger partial charge is 0.486 e. The van der Waals surface area contributed by atoms with Gasteiger partial charge in [0.2, 0.25) is 0 Å². The molecular formula is C25H24N4O4S2. The fourth-order valence-corrected chi connectivity index (χ4v) is 4.90. The molecule has 1 saturated heterocycles. The normalized spacial score (nSPS) is 14.9. The Morgan fingerprint density at radius 1 is 0.914 bits per heavy atom. The van der Waals surface area contributed by atoms with Crippen LogP contribution < -0.4 is 25.0 Å². The first-order chi connectivity index (χ1) is 17.1. The molecule has 2 amide bonds. The summed E-state index contributed by atoms with van der Waals surface area (Å²) in [4.78, 5) is 30.1. The molecule has 0 aliphatic carbocycles. The van der Waals surface area contributed by atoms with Crippen LogP contribution in [0, 0.1) is 0 Å². The topological polar surface area (TPSA) is 83.1 Å². The molecule has 3 heterocycles. The van der Waals surface area contributed by atoms with Crippen LogP contribution >= 0.6 is 23.6 Å². The van der Waals surface area contributed by atoms with Gasteiger partial charge < -0.3 is 24.6 Å². The summed E-state index contributed by atoms with van der Waals surface area (Å²) in [5, 5.41) is 7.87. The van der Waals surface area contributed by atoms with Gasteiger partial charge in [0, 0.05) is 43.1 Å². The molecular weight excluding hydrogens is 484 g/mol. The van der Waals surface area contributed by atoms with Gasteiger partial charge in [-0.15, -0.1) is 11.3 Å². The first-order valence-corrected chi connectivity index (χ1v) is 12.6. The van der Waals surface area contributed by atoms with Gasteiger partial charge in [0.1, 0.15) is 13.2 Å². The van der Waals surface area contributed by atoms with Crippen LogP contribution in [0.2, 0.25) is 0 Å². The number of fused-ring (bicyclic) bond motifs is 1. The Hall–Kier alpha value is -3.63. The summed E-state index contributed by atoms with van der Waals surface area (Å²) in [6.07, 6.45) is 0. The summed E-state index contributed by atoms with van der Waals surface area (Å²) in [6.45, 7) is 3.87. The summed E-state index contributed by atoms with van der Waals surface area (Å²) < 4.78 is 11.0. The van der Waals surface area contributed by atoms with Crippen molar-refractivity contribution in [2.45, 2.75) is 0 Å². The second-order valence-electron chi connectivity index (χ2n) is 8.07. The predicted octanol–water partition coefficient (Wildman–Crippen LogP) is 3.61. The van der Waals surface area contributed by atoms with Gasteiger partial charge >= 0.3 is 0 Å². The Morgan fingerprint density at radius 2 is 1.66 bits per heavy atom. The number of nitrogens with zero attached hydrogens (tertiary/aromatic N) is 2. The van der Waals surface area contributed by atoms with Crippen LogP contribution in [0.4, 0.5) is 11.4 Å². The highest BCUT2D eigenvalue weighted by Crippen LogP contribution is 2.30. The third-order valence-electron chi connectivity index (χ3n) is 5.82. The van der Waals surface area contributed by atoms with Gasteiger partial charge in [-0.3, -0.25) is 14.9 Å². The molecule has 1 aromatic heterocycles. The first-order valence-electron chi connectivity index (χ1n) is 11.3. The zero-order valence-corrected chi connectivity index (χ0v) is 20.5. The number of hydrogen-bond donors (Lipinski definition) is 2. The van der Waals surface area contributed by atoms with Crippen LogP contribution in [0.1, 0.15) is 20.0 Å². The molecule has 3 aromatic rings. The smallest absolute Gasteiger partial charge is 0.264 e. The molecule has 8 nitrogen and oxygen atoms in total.